The maximum absolute atomic E-state index is 10.5. The first kappa shape index (κ1) is 16.3. The molecule has 0 saturated heterocycles. The standard InChI is InChI=1S/C10H17N2O3PS/c11-5-3-8-16(9-4-6-12)7-1-2-10-17(13,14)15/h1-4,7-10H2,(H,13,14,15). The van der Waals surface area contributed by atoms with E-state index in [0.717, 1.165) is 24.9 Å². The first-order valence-corrected chi connectivity index (χ1v) is 8.91. The lowest BCUT2D eigenvalue weighted by molar-refractivity contribution is 0.481. The van der Waals surface area contributed by atoms with Gasteiger partial charge in [0.2, 0.25) is 0 Å². The van der Waals surface area contributed by atoms with Crippen LogP contribution in [0.2, 0.25) is 0 Å². The Kier molecular flexibility index (Phi) is 8.99. The van der Waals surface area contributed by atoms with E-state index in [2.05, 4.69) is 12.1 Å². The number of unbranched alkanes of at least 4 members (excludes halogenated alkanes) is 1. The minimum atomic E-state index is -3.85. The van der Waals surface area contributed by atoms with Crippen LogP contribution in [0.5, 0.6) is 0 Å². The van der Waals surface area contributed by atoms with Gasteiger partial charge in [-0.25, -0.2) is 0 Å². The van der Waals surface area contributed by atoms with E-state index in [1.165, 1.54) is 0 Å². The molecule has 0 unspecified atom stereocenters. The third-order valence-electron chi connectivity index (χ3n) is 2.21. The van der Waals surface area contributed by atoms with Crippen molar-refractivity contribution in [2.24, 2.45) is 0 Å². The average Bonchev–Trinajstić information content (AvgIpc) is 2.25. The molecule has 0 aliphatic heterocycles. The molecule has 1 N–H and O–H groups in total. The van der Waals surface area contributed by atoms with Crippen molar-refractivity contribution in [1.29, 1.82) is 10.5 Å². The Morgan fingerprint density at radius 3 is 1.94 bits per heavy atom. The molecule has 0 heterocycles. The van der Waals surface area contributed by atoms with Gasteiger partial charge in [-0.05, 0) is 31.3 Å². The van der Waals surface area contributed by atoms with E-state index in [0.29, 0.717) is 19.3 Å². The summed E-state index contributed by atoms with van der Waals surface area (Å²) in [6.07, 6.45) is 4.66. The highest BCUT2D eigenvalue weighted by Gasteiger charge is 2.09. The van der Waals surface area contributed by atoms with E-state index in [1.807, 2.05) is 0 Å². The summed E-state index contributed by atoms with van der Waals surface area (Å²) in [5, 5.41) is 17.0. The number of nitriles is 2. The molecule has 96 valence electrons. The molecule has 0 radical (unpaired) electrons. The van der Waals surface area contributed by atoms with Crippen LogP contribution in [0.1, 0.15) is 25.7 Å². The third kappa shape index (κ3) is 11.6. The molecule has 0 aromatic rings. The van der Waals surface area contributed by atoms with E-state index < -0.39 is 10.1 Å². The van der Waals surface area contributed by atoms with Gasteiger partial charge >= 0.3 is 0 Å². The first-order chi connectivity index (χ1) is 7.99. The second-order valence-corrected chi connectivity index (χ2v) is 7.91. The molecule has 0 amide bonds. The first-order valence-electron chi connectivity index (χ1n) is 5.41. The predicted molar refractivity (Wildman–Crippen MR) is 67.6 cm³/mol. The zero-order valence-electron chi connectivity index (χ0n) is 9.67. The lowest BCUT2D eigenvalue weighted by atomic mass is 10.4. The van der Waals surface area contributed by atoms with E-state index in [4.69, 9.17) is 15.1 Å². The van der Waals surface area contributed by atoms with Crippen molar-refractivity contribution in [3.05, 3.63) is 0 Å². The highest BCUT2D eigenvalue weighted by atomic mass is 32.2. The van der Waals surface area contributed by atoms with Gasteiger partial charge in [-0.3, -0.25) is 4.55 Å². The second kappa shape index (κ2) is 9.36. The molecule has 0 saturated carbocycles. The zero-order chi connectivity index (χ0) is 13.1. The minimum Gasteiger partial charge on any atom is -0.286 e. The van der Waals surface area contributed by atoms with Crippen molar-refractivity contribution >= 4 is 18.0 Å². The van der Waals surface area contributed by atoms with Crippen molar-refractivity contribution < 1.29 is 13.0 Å². The Morgan fingerprint density at radius 1 is 1.00 bits per heavy atom. The molecule has 5 nitrogen and oxygen atoms in total. The summed E-state index contributed by atoms with van der Waals surface area (Å²) in [6, 6.07) is 4.17. The monoisotopic (exact) mass is 276 g/mol. The quantitative estimate of drug-likeness (QED) is 0.394. The summed E-state index contributed by atoms with van der Waals surface area (Å²) >= 11 is 0. The van der Waals surface area contributed by atoms with Crippen molar-refractivity contribution in [2.75, 3.05) is 24.2 Å². The summed E-state index contributed by atoms with van der Waals surface area (Å²) in [6.45, 7) is 0. The summed E-state index contributed by atoms with van der Waals surface area (Å²) in [5.74, 6) is -0.202. The Labute approximate surface area is 104 Å². The fourth-order valence-corrected chi connectivity index (χ4v) is 4.11. The van der Waals surface area contributed by atoms with Crippen LogP contribution in [0, 0.1) is 22.7 Å². The van der Waals surface area contributed by atoms with Crippen molar-refractivity contribution in [2.45, 2.75) is 25.7 Å². The zero-order valence-corrected chi connectivity index (χ0v) is 11.4. The van der Waals surface area contributed by atoms with Crippen LogP contribution in [0.3, 0.4) is 0 Å². The van der Waals surface area contributed by atoms with Crippen LogP contribution in [0.25, 0.3) is 0 Å². The predicted octanol–water partition coefficient (Wildman–Crippen LogP) is 1.96. The molecule has 17 heavy (non-hydrogen) atoms. The number of hydrogen-bond acceptors (Lipinski definition) is 4. The molecule has 0 rings (SSSR count). The van der Waals surface area contributed by atoms with E-state index in [1.54, 1.807) is 0 Å². The van der Waals surface area contributed by atoms with Gasteiger partial charge in [0.25, 0.3) is 10.1 Å². The van der Waals surface area contributed by atoms with Crippen LogP contribution in [0.15, 0.2) is 0 Å². The summed E-state index contributed by atoms with van der Waals surface area (Å²) in [4.78, 5) is 0. The minimum absolute atomic E-state index is 0.202. The molecule has 7 heteroatoms. The normalized spacial score (nSPS) is 11.1. The molecular formula is C10H17N2O3PS. The SMILES string of the molecule is N#CCCP(CCC#N)CCCCS(=O)(=O)O. The van der Waals surface area contributed by atoms with E-state index in [9.17, 15) is 8.42 Å². The Balaban J connectivity index is 3.83. The van der Waals surface area contributed by atoms with Crippen LogP contribution < -0.4 is 0 Å². The summed E-state index contributed by atoms with van der Waals surface area (Å²) < 4.78 is 29.5. The van der Waals surface area contributed by atoms with Crippen LogP contribution in [-0.2, 0) is 10.1 Å². The fourth-order valence-electron chi connectivity index (χ4n) is 1.37. The highest BCUT2D eigenvalue weighted by molar-refractivity contribution is 7.85. The van der Waals surface area contributed by atoms with Crippen LogP contribution >= 0.6 is 7.92 Å². The number of nitrogens with zero attached hydrogens (tertiary/aromatic N) is 2. The van der Waals surface area contributed by atoms with Gasteiger partial charge in [-0.1, -0.05) is 0 Å². The molecule has 0 atom stereocenters. The van der Waals surface area contributed by atoms with Gasteiger partial charge in [0.05, 0.1) is 17.9 Å². The third-order valence-corrected chi connectivity index (χ3v) is 5.67. The molecule has 0 aliphatic carbocycles. The van der Waals surface area contributed by atoms with E-state index >= 15 is 0 Å². The van der Waals surface area contributed by atoms with Crippen molar-refractivity contribution in [3.63, 3.8) is 0 Å². The number of rotatable bonds is 9. The highest BCUT2D eigenvalue weighted by Crippen LogP contribution is 2.37. The van der Waals surface area contributed by atoms with Crippen LogP contribution in [-0.4, -0.2) is 37.2 Å². The molecule has 0 bridgehead atoms. The maximum atomic E-state index is 10.5. The molecule has 0 aromatic heterocycles. The topological polar surface area (TPSA) is 102 Å². The Bertz CT molecular complexity index is 365. The van der Waals surface area contributed by atoms with Crippen molar-refractivity contribution in [1.82, 2.24) is 0 Å². The van der Waals surface area contributed by atoms with Crippen LogP contribution in [0.4, 0.5) is 0 Å². The van der Waals surface area contributed by atoms with Gasteiger partial charge in [-0.15, -0.1) is 7.92 Å². The molecule has 0 spiro atoms. The van der Waals surface area contributed by atoms with E-state index in [-0.39, 0.29) is 13.7 Å². The van der Waals surface area contributed by atoms with Crippen molar-refractivity contribution in [3.8, 4) is 12.1 Å². The van der Waals surface area contributed by atoms with Gasteiger partial charge < -0.3 is 0 Å². The van der Waals surface area contributed by atoms with Gasteiger partial charge in [0, 0.05) is 12.8 Å². The van der Waals surface area contributed by atoms with Gasteiger partial charge in [-0.2, -0.15) is 18.9 Å². The molecular weight excluding hydrogens is 259 g/mol. The summed E-state index contributed by atoms with van der Waals surface area (Å²) in [7, 11) is -4.19. The lowest BCUT2D eigenvalue weighted by Gasteiger charge is -2.14. The molecule has 0 aromatic carbocycles. The molecule has 0 fully saturated rings. The smallest absolute Gasteiger partial charge is 0.264 e. The maximum Gasteiger partial charge on any atom is 0.264 e. The fraction of sp³-hybridized carbons (Fsp3) is 0.800. The second-order valence-electron chi connectivity index (χ2n) is 3.65. The Morgan fingerprint density at radius 2 is 1.53 bits per heavy atom. The summed E-state index contributed by atoms with van der Waals surface area (Å²) in [5.41, 5.74) is 0. The van der Waals surface area contributed by atoms with Gasteiger partial charge in [0.1, 0.15) is 0 Å². The Hall–Kier alpha value is -0.680. The average molecular weight is 276 g/mol. The lowest BCUT2D eigenvalue weighted by Crippen LogP contribution is -2.04. The number of hydrogen-bond donors (Lipinski definition) is 1. The molecule has 0 aliphatic rings. The van der Waals surface area contributed by atoms with Gasteiger partial charge in [0.15, 0.2) is 0 Å². The largest absolute Gasteiger partial charge is 0.286 e.